The third kappa shape index (κ3) is 3.34. The molecule has 114 valence electrons. The Kier molecular flexibility index (Phi) is 3.93. The van der Waals surface area contributed by atoms with Crippen molar-refractivity contribution in [2.24, 2.45) is 5.92 Å². The molecule has 0 radical (unpaired) electrons. The minimum atomic E-state index is -4.46. The highest BCUT2D eigenvalue weighted by atomic mass is 19.4. The van der Waals surface area contributed by atoms with Gasteiger partial charge < -0.3 is 10.4 Å². The normalized spacial score (nSPS) is 22.5. The van der Waals surface area contributed by atoms with Gasteiger partial charge in [0.1, 0.15) is 6.04 Å². The maximum Gasteiger partial charge on any atom is 0.416 e. The Bertz CT molecular complexity index is 571. The zero-order valence-electron chi connectivity index (χ0n) is 11.1. The smallest absolute Gasteiger partial charge is 0.416 e. The molecule has 0 spiro atoms. The number of carboxylic acid groups (broad SMARTS) is 1. The van der Waals surface area contributed by atoms with Gasteiger partial charge in [-0.25, -0.2) is 0 Å². The number of nitrogens with one attached hydrogen (secondary N) is 1. The van der Waals surface area contributed by atoms with Crippen LogP contribution in [0.4, 0.5) is 13.2 Å². The summed E-state index contributed by atoms with van der Waals surface area (Å²) < 4.78 is 38.7. The molecule has 0 bridgehead atoms. The van der Waals surface area contributed by atoms with Crippen LogP contribution in [0, 0.1) is 5.92 Å². The molecule has 1 aromatic carbocycles. The Balaban J connectivity index is 2.11. The molecule has 2 N–H and O–H groups in total. The topological polar surface area (TPSA) is 66.4 Å². The highest BCUT2D eigenvalue weighted by molar-refractivity contribution is 5.87. The van der Waals surface area contributed by atoms with Crippen molar-refractivity contribution in [1.29, 1.82) is 0 Å². The average Bonchev–Trinajstić information content (AvgIpc) is 3.17. The number of carbonyl (C=O) groups is 2. The largest absolute Gasteiger partial charge is 0.480 e. The first-order valence-electron chi connectivity index (χ1n) is 6.41. The second-order valence-electron chi connectivity index (χ2n) is 5.10. The number of hydrogen-bond acceptors (Lipinski definition) is 2. The summed E-state index contributed by atoms with van der Waals surface area (Å²) in [5, 5.41) is 11.0. The molecule has 21 heavy (non-hydrogen) atoms. The minimum absolute atomic E-state index is 0.0909. The van der Waals surface area contributed by atoms with Crippen LogP contribution in [0.1, 0.15) is 30.4 Å². The molecule has 0 aliphatic heterocycles. The summed E-state index contributed by atoms with van der Waals surface area (Å²) in [6.07, 6.45) is -4.17. The number of carboxylic acids is 1. The molecule has 1 fully saturated rings. The zero-order chi connectivity index (χ0) is 15.8. The summed E-state index contributed by atoms with van der Waals surface area (Å²) in [6.45, 7) is 1.31. The molecule has 0 saturated heterocycles. The van der Waals surface area contributed by atoms with Crippen molar-refractivity contribution in [3.63, 3.8) is 0 Å². The Morgan fingerprint density at radius 2 is 1.95 bits per heavy atom. The van der Waals surface area contributed by atoms with Gasteiger partial charge in [0, 0.05) is 5.92 Å². The SMILES string of the molecule is C[C@H](NC(=O)[C@H]1C[C@@H]1c1ccccc1C(F)(F)F)C(=O)O. The molecular formula is C14H14F3NO3. The van der Waals surface area contributed by atoms with E-state index in [1.165, 1.54) is 25.1 Å². The first-order chi connectivity index (χ1) is 9.71. The van der Waals surface area contributed by atoms with Gasteiger partial charge in [0.25, 0.3) is 0 Å². The molecule has 0 unspecified atom stereocenters. The van der Waals surface area contributed by atoms with Crippen molar-refractivity contribution in [1.82, 2.24) is 5.32 Å². The Labute approximate surface area is 119 Å². The van der Waals surface area contributed by atoms with Crippen molar-refractivity contribution in [2.45, 2.75) is 31.5 Å². The molecule has 1 aliphatic carbocycles. The van der Waals surface area contributed by atoms with Crippen molar-refractivity contribution in [3.8, 4) is 0 Å². The Morgan fingerprint density at radius 3 is 2.52 bits per heavy atom. The van der Waals surface area contributed by atoms with Crippen LogP contribution in [0.3, 0.4) is 0 Å². The maximum absolute atomic E-state index is 12.9. The van der Waals surface area contributed by atoms with Crippen LogP contribution in [-0.4, -0.2) is 23.0 Å². The lowest BCUT2D eigenvalue weighted by Gasteiger charge is -2.13. The quantitative estimate of drug-likeness (QED) is 0.897. The fraction of sp³-hybridized carbons (Fsp3) is 0.429. The third-order valence-electron chi connectivity index (χ3n) is 3.52. The zero-order valence-corrected chi connectivity index (χ0v) is 11.1. The first-order valence-corrected chi connectivity index (χ1v) is 6.41. The number of aliphatic carboxylic acids is 1. The van der Waals surface area contributed by atoms with Crippen LogP contribution in [0.25, 0.3) is 0 Å². The predicted octanol–water partition coefficient (Wildman–Crippen LogP) is 2.40. The summed E-state index contributed by atoms with van der Waals surface area (Å²) in [7, 11) is 0. The number of rotatable bonds is 4. The van der Waals surface area contributed by atoms with Gasteiger partial charge in [0.2, 0.25) is 5.91 Å². The predicted molar refractivity (Wildman–Crippen MR) is 67.5 cm³/mol. The highest BCUT2D eigenvalue weighted by Gasteiger charge is 2.48. The molecule has 1 amide bonds. The molecule has 7 heteroatoms. The number of amides is 1. The summed E-state index contributed by atoms with van der Waals surface area (Å²) >= 11 is 0. The number of hydrogen-bond donors (Lipinski definition) is 2. The summed E-state index contributed by atoms with van der Waals surface area (Å²) in [4.78, 5) is 22.5. The van der Waals surface area contributed by atoms with E-state index in [2.05, 4.69) is 5.32 Å². The summed E-state index contributed by atoms with van der Waals surface area (Å²) in [5.41, 5.74) is -0.648. The van der Waals surface area contributed by atoms with Gasteiger partial charge in [0.15, 0.2) is 0 Å². The Hall–Kier alpha value is -2.05. The lowest BCUT2D eigenvalue weighted by Crippen LogP contribution is -2.39. The second-order valence-corrected chi connectivity index (χ2v) is 5.10. The van der Waals surface area contributed by atoms with Crippen molar-refractivity contribution < 1.29 is 27.9 Å². The van der Waals surface area contributed by atoms with E-state index in [0.29, 0.717) is 6.42 Å². The van der Waals surface area contributed by atoms with Gasteiger partial charge in [-0.15, -0.1) is 0 Å². The van der Waals surface area contributed by atoms with Crippen LogP contribution in [0.15, 0.2) is 24.3 Å². The fourth-order valence-corrected chi connectivity index (χ4v) is 2.29. The van der Waals surface area contributed by atoms with E-state index in [1.54, 1.807) is 0 Å². The second kappa shape index (κ2) is 5.38. The Morgan fingerprint density at radius 1 is 1.33 bits per heavy atom. The number of alkyl halides is 3. The van der Waals surface area contributed by atoms with E-state index in [-0.39, 0.29) is 5.56 Å². The average molecular weight is 301 g/mol. The van der Waals surface area contributed by atoms with E-state index in [0.717, 1.165) is 6.07 Å². The molecule has 1 saturated carbocycles. The summed E-state index contributed by atoms with van der Waals surface area (Å²) in [5.74, 6) is -2.82. The van der Waals surface area contributed by atoms with Crippen molar-refractivity contribution in [2.75, 3.05) is 0 Å². The van der Waals surface area contributed by atoms with Crippen LogP contribution >= 0.6 is 0 Å². The minimum Gasteiger partial charge on any atom is -0.480 e. The van der Waals surface area contributed by atoms with E-state index < -0.39 is 41.5 Å². The molecular weight excluding hydrogens is 287 g/mol. The van der Waals surface area contributed by atoms with Crippen molar-refractivity contribution >= 4 is 11.9 Å². The number of carbonyl (C=O) groups excluding carboxylic acids is 1. The van der Waals surface area contributed by atoms with E-state index in [4.69, 9.17) is 5.11 Å². The van der Waals surface area contributed by atoms with Crippen LogP contribution in [-0.2, 0) is 15.8 Å². The highest BCUT2D eigenvalue weighted by Crippen LogP contribution is 2.51. The van der Waals surface area contributed by atoms with Gasteiger partial charge in [0.05, 0.1) is 5.56 Å². The first kappa shape index (κ1) is 15.3. The van der Waals surface area contributed by atoms with Crippen LogP contribution in [0.2, 0.25) is 0 Å². The molecule has 3 atom stereocenters. The molecule has 2 rings (SSSR count). The number of halogens is 3. The summed E-state index contributed by atoms with van der Waals surface area (Å²) in [6, 6.07) is 4.09. The van der Waals surface area contributed by atoms with Crippen LogP contribution in [0.5, 0.6) is 0 Å². The van der Waals surface area contributed by atoms with E-state index >= 15 is 0 Å². The number of benzene rings is 1. The molecule has 1 aromatic rings. The lowest BCUT2D eigenvalue weighted by atomic mass is 10.0. The standard InChI is InChI=1S/C14H14F3NO3/c1-7(13(20)21)18-12(19)10-6-9(10)8-4-2-3-5-11(8)14(15,16)17/h2-5,7,9-10H,6H2,1H3,(H,18,19)(H,20,21)/t7-,9+,10-/m0/s1. The fourth-order valence-electron chi connectivity index (χ4n) is 2.29. The lowest BCUT2D eigenvalue weighted by molar-refractivity contribution is -0.141. The third-order valence-corrected chi connectivity index (χ3v) is 3.52. The van der Waals surface area contributed by atoms with Gasteiger partial charge in [-0.1, -0.05) is 18.2 Å². The van der Waals surface area contributed by atoms with Crippen LogP contribution < -0.4 is 5.32 Å². The van der Waals surface area contributed by atoms with Gasteiger partial charge in [-0.2, -0.15) is 13.2 Å². The molecule has 0 heterocycles. The van der Waals surface area contributed by atoms with Crippen molar-refractivity contribution in [3.05, 3.63) is 35.4 Å². The van der Waals surface area contributed by atoms with E-state index in [1.807, 2.05) is 0 Å². The van der Waals surface area contributed by atoms with Gasteiger partial charge >= 0.3 is 12.1 Å². The van der Waals surface area contributed by atoms with E-state index in [9.17, 15) is 22.8 Å². The molecule has 0 aromatic heterocycles. The molecule has 4 nitrogen and oxygen atoms in total. The molecule has 1 aliphatic rings. The maximum atomic E-state index is 12.9. The van der Waals surface area contributed by atoms with Gasteiger partial charge in [-0.3, -0.25) is 9.59 Å². The van der Waals surface area contributed by atoms with Gasteiger partial charge in [-0.05, 0) is 30.9 Å². The monoisotopic (exact) mass is 301 g/mol.